The minimum atomic E-state index is -0.670. The van der Waals surface area contributed by atoms with Crippen LogP contribution in [0.5, 0.6) is 0 Å². The van der Waals surface area contributed by atoms with E-state index in [-0.39, 0.29) is 11.7 Å². The van der Waals surface area contributed by atoms with Crippen LogP contribution in [0.2, 0.25) is 0 Å². The molecule has 0 aliphatic carbocycles. The Morgan fingerprint density at radius 2 is 1.48 bits per heavy atom. The average Bonchev–Trinajstić information content (AvgIpc) is 2.61. The number of carbonyl (C=O) groups excluding carboxylic acids is 1. The zero-order valence-corrected chi connectivity index (χ0v) is 14.1. The third-order valence-electron chi connectivity index (χ3n) is 4.46. The van der Waals surface area contributed by atoms with Crippen LogP contribution in [0.1, 0.15) is 41.3 Å². The summed E-state index contributed by atoms with van der Waals surface area (Å²) in [4.78, 5) is 14.3. The van der Waals surface area contributed by atoms with Crippen molar-refractivity contribution in [1.29, 1.82) is 0 Å². The zero-order chi connectivity index (χ0) is 17.9. The van der Waals surface area contributed by atoms with Gasteiger partial charge in [0.2, 0.25) is 0 Å². The quantitative estimate of drug-likeness (QED) is 0.812. The third-order valence-corrected chi connectivity index (χ3v) is 4.46. The van der Waals surface area contributed by atoms with Gasteiger partial charge in [-0.3, -0.25) is 4.79 Å². The first-order valence-electron chi connectivity index (χ1n) is 8.32. The van der Waals surface area contributed by atoms with Crippen molar-refractivity contribution in [3.8, 4) is 11.8 Å². The van der Waals surface area contributed by atoms with Crippen LogP contribution in [0.4, 0.5) is 4.39 Å². The normalized spacial score (nSPS) is 16.0. The number of amides is 1. The van der Waals surface area contributed by atoms with Crippen LogP contribution in [0.3, 0.4) is 0 Å². The summed E-state index contributed by atoms with van der Waals surface area (Å²) in [5.41, 5.74) is 1.48. The van der Waals surface area contributed by atoms with Crippen LogP contribution in [0, 0.1) is 17.7 Å². The van der Waals surface area contributed by atoms with Crippen molar-refractivity contribution < 1.29 is 14.3 Å². The molecule has 25 heavy (non-hydrogen) atoms. The highest BCUT2D eigenvalue weighted by Crippen LogP contribution is 2.22. The number of rotatable bonds is 1. The van der Waals surface area contributed by atoms with E-state index in [2.05, 4.69) is 11.8 Å². The van der Waals surface area contributed by atoms with E-state index in [4.69, 9.17) is 0 Å². The molecule has 0 atom stereocenters. The number of hydrogen-bond donors (Lipinski definition) is 1. The molecule has 3 nitrogen and oxygen atoms in total. The van der Waals surface area contributed by atoms with Gasteiger partial charge in [0.15, 0.2) is 0 Å². The lowest BCUT2D eigenvalue weighted by molar-refractivity contribution is -0.00202. The summed E-state index contributed by atoms with van der Waals surface area (Å²) in [6, 6.07) is 13.2. The maximum Gasteiger partial charge on any atom is 0.253 e. The Morgan fingerprint density at radius 1 is 1.00 bits per heavy atom. The van der Waals surface area contributed by atoms with Crippen LogP contribution < -0.4 is 0 Å². The number of nitrogens with zero attached hydrogens (tertiary/aromatic N) is 1. The highest BCUT2D eigenvalue weighted by molar-refractivity contribution is 5.94. The molecule has 1 heterocycles. The monoisotopic (exact) mass is 337 g/mol. The Balaban J connectivity index is 1.66. The summed E-state index contributed by atoms with van der Waals surface area (Å²) in [6.45, 7) is 2.94. The molecule has 128 valence electrons. The predicted octanol–water partition coefficient (Wildman–Crippen LogP) is 3.21. The van der Waals surface area contributed by atoms with E-state index in [9.17, 15) is 14.3 Å². The number of hydrogen-bond acceptors (Lipinski definition) is 2. The van der Waals surface area contributed by atoms with Crippen LogP contribution in [-0.4, -0.2) is 34.6 Å². The van der Waals surface area contributed by atoms with Gasteiger partial charge in [0.1, 0.15) is 5.82 Å². The molecule has 0 saturated carbocycles. The van der Waals surface area contributed by atoms with E-state index in [1.54, 1.807) is 29.2 Å². The Morgan fingerprint density at radius 3 is 2.00 bits per heavy atom. The molecule has 1 saturated heterocycles. The first kappa shape index (κ1) is 17.2. The molecule has 3 rings (SSSR count). The Bertz CT molecular complexity index is 804. The van der Waals surface area contributed by atoms with Crippen molar-refractivity contribution in [3.63, 3.8) is 0 Å². The van der Waals surface area contributed by atoms with E-state index in [1.807, 2.05) is 19.1 Å². The van der Waals surface area contributed by atoms with Crippen molar-refractivity contribution in [3.05, 3.63) is 71.0 Å². The fourth-order valence-electron chi connectivity index (χ4n) is 2.75. The summed E-state index contributed by atoms with van der Waals surface area (Å²) in [5, 5.41) is 9.98. The maximum atomic E-state index is 12.9. The first-order chi connectivity index (χ1) is 11.9. The van der Waals surface area contributed by atoms with Gasteiger partial charge in [-0.1, -0.05) is 11.8 Å². The van der Waals surface area contributed by atoms with Gasteiger partial charge in [-0.2, -0.15) is 0 Å². The van der Waals surface area contributed by atoms with E-state index in [0.29, 0.717) is 31.5 Å². The molecule has 2 aromatic carbocycles. The van der Waals surface area contributed by atoms with Gasteiger partial charge in [-0.15, -0.1) is 0 Å². The molecular formula is C21H20FNO2. The number of benzene rings is 2. The Kier molecular flexibility index (Phi) is 4.87. The molecule has 1 amide bonds. The summed E-state index contributed by atoms with van der Waals surface area (Å²) in [6.07, 6.45) is 1.19. The summed E-state index contributed by atoms with van der Waals surface area (Å²) in [7, 11) is 0. The van der Waals surface area contributed by atoms with E-state index < -0.39 is 5.60 Å². The third kappa shape index (κ3) is 4.46. The fraction of sp³-hybridized carbons (Fsp3) is 0.286. The minimum Gasteiger partial charge on any atom is -0.390 e. The topological polar surface area (TPSA) is 40.5 Å². The minimum absolute atomic E-state index is 0.0199. The molecule has 0 spiro atoms. The van der Waals surface area contributed by atoms with Gasteiger partial charge >= 0.3 is 0 Å². The number of likely N-dealkylation sites (tertiary alicyclic amines) is 1. The van der Waals surface area contributed by atoms with Gasteiger partial charge in [-0.25, -0.2) is 4.39 Å². The lowest BCUT2D eigenvalue weighted by atomic mass is 9.93. The van der Waals surface area contributed by atoms with Gasteiger partial charge in [0.25, 0.3) is 5.91 Å². The standard InChI is InChI=1S/C21H20FNO2/c1-21(25)12-14-23(15-13-21)20(24)18-8-4-16(5-9-18)2-3-17-6-10-19(22)11-7-17/h4-11,25H,12-15H2,1H3. The van der Waals surface area contributed by atoms with Crippen molar-refractivity contribution in [2.45, 2.75) is 25.4 Å². The molecule has 1 fully saturated rings. The largest absolute Gasteiger partial charge is 0.390 e. The lowest BCUT2D eigenvalue weighted by Crippen LogP contribution is -2.45. The molecule has 1 aliphatic heterocycles. The average molecular weight is 337 g/mol. The number of aliphatic hydroxyl groups is 1. The molecule has 1 N–H and O–H groups in total. The van der Waals surface area contributed by atoms with Gasteiger partial charge in [0, 0.05) is 29.8 Å². The Hall–Kier alpha value is -2.64. The van der Waals surface area contributed by atoms with Crippen molar-refractivity contribution >= 4 is 5.91 Å². The molecule has 4 heteroatoms. The second kappa shape index (κ2) is 7.08. The van der Waals surface area contributed by atoms with E-state index in [1.165, 1.54) is 12.1 Å². The highest BCUT2D eigenvalue weighted by atomic mass is 19.1. The van der Waals surface area contributed by atoms with E-state index in [0.717, 1.165) is 11.1 Å². The predicted molar refractivity (Wildman–Crippen MR) is 94.6 cm³/mol. The molecule has 0 bridgehead atoms. The van der Waals surface area contributed by atoms with Crippen LogP contribution >= 0.6 is 0 Å². The van der Waals surface area contributed by atoms with Gasteiger partial charge in [0.05, 0.1) is 5.60 Å². The number of piperidine rings is 1. The first-order valence-corrected chi connectivity index (χ1v) is 8.32. The van der Waals surface area contributed by atoms with Crippen LogP contribution in [0.25, 0.3) is 0 Å². The molecule has 0 radical (unpaired) electrons. The van der Waals surface area contributed by atoms with Crippen molar-refractivity contribution in [2.24, 2.45) is 0 Å². The highest BCUT2D eigenvalue weighted by Gasteiger charge is 2.29. The molecule has 2 aromatic rings. The molecule has 1 aliphatic rings. The van der Waals surface area contributed by atoms with E-state index >= 15 is 0 Å². The summed E-state index contributed by atoms with van der Waals surface area (Å²) in [5.74, 6) is 5.67. The lowest BCUT2D eigenvalue weighted by Gasteiger charge is -2.35. The van der Waals surface area contributed by atoms with Crippen molar-refractivity contribution in [1.82, 2.24) is 4.90 Å². The van der Waals surface area contributed by atoms with Gasteiger partial charge in [-0.05, 0) is 68.3 Å². The smallest absolute Gasteiger partial charge is 0.253 e. The Labute approximate surface area is 147 Å². The zero-order valence-electron chi connectivity index (χ0n) is 14.1. The van der Waals surface area contributed by atoms with Gasteiger partial charge < -0.3 is 10.0 Å². The van der Waals surface area contributed by atoms with Crippen LogP contribution in [-0.2, 0) is 0 Å². The molecular weight excluding hydrogens is 317 g/mol. The second-order valence-corrected chi connectivity index (χ2v) is 6.62. The summed E-state index contributed by atoms with van der Waals surface area (Å²) < 4.78 is 12.9. The molecule has 0 unspecified atom stereocenters. The number of carbonyl (C=O) groups is 1. The number of halogens is 1. The van der Waals surface area contributed by atoms with Crippen LogP contribution in [0.15, 0.2) is 48.5 Å². The fourth-order valence-corrected chi connectivity index (χ4v) is 2.75. The van der Waals surface area contributed by atoms with Crippen molar-refractivity contribution in [2.75, 3.05) is 13.1 Å². The molecule has 0 aromatic heterocycles. The second-order valence-electron chi connectivity index (χ2n) is 6.62. The summed E-state index contributed by atoms with van der Waals surface area (Å²) >= 11 is 0. The SMILES string of the molecule is CC1(O)CCN(C(=O)c2ccc(C#Cc3ccc(F)cc3)cc2)CC1. The maximum absolute atomic E-state index is 12.9.